The molecule has 0 aliphatic heterocycles. The number of hydrogen-bond donors (Lipinski definition) is 3. The highest BCUT2D eigenvalue weighted by Gasteiger charge is 2.23. The molecule has 0 radical (unpaired) electrons. The van der Waals surface area contributed by atoms with Gasteiger partial charge in [-0.15, -0.1) is 11.8 Å². The van der Waals surface area contributed by atoms with E-state index in [-0.39, 0.29) is 11.6 Å². The molecule has 1 unspecified atom stereocenters. The van der Waals surface area contributed by atoms with E-state index in [1.54, 1.807) is 36.4 Å². The maximum Gasteiger partial charge on any atom is 0.272 e. The van der Waals surface area contributed by atoms with Crippen LogP contribution in [0.5, 0.6) is 5.75 Å². The van der Waals surface area contributed by atoms with Crippen molar-refractivity contribution in [2.75, 3.05) is 17.2 Å². The van der Waals surface area contributed by atoms with Crippen molar-refractivity contribution in [1.29, 1.82) is 0 Å². The van der Waals surface area contributed by atoms with Gasteiger partial charge in [0.05, 0.1) is 6.61 Å². The summed E-state index contributed by atoms with van der Waals surface area (Å²) in [5.74, 6) is -0.337. The normalized spacial score (nSPS) is 11.6. The van der Waals surface area contributed by atoms with Crippen molar-refractivity contribution >= 4 is 46.9 Å². The number of ether oxygens (including phenoxy) is 1. The fourth-order valence-electron chi connectivity index (χ4n) is 4.55. The van der Waals surface area contributed by atoms with Crippen molar-refractivity contribution in [2.45, 2.75) is 17.1 Å². The fourth-order valence-corrected chi connectivity index (χ4v) is 5.63. The van der Waals surface area contributed by atoms with Gasteiger partial charge in [0.15, 0.2) is 0 Å². The lowest BCUT2D eigenvalue weighted by molar-refractivity contribution is -0.116. The molecule has 8 heteroatoms. The number of benzene rings is 5. The van der Waals surface area contributed by atoms with Gasteiger partial charge in [0.1, 0.15) is 16.7 Å². The second-order valence-corrected chi connectivity index (χ2v) is 11.3. The average molecular weight is 628 g/mol. The molecule has 3 amide bonds. The van der Waals surface area contributed by atoms with Gasteiger partial charge in [-0.1, -0.05) is 84.9 Å². The Balaban J connectivity index is 1.34. The highest BCUT2D eigenvalue weighted by atomic mass is 32.2. The summed E-state index contributed by atoms with van der Waals surface area (Å²) >= 11 is 1.37. The summed E-state index contributed by atoms with van der Waals surface area (Å²) in [7, 11) is 0. The molecule has 46 heavy (non-hydrogen) atoms. The third kappa shape index (κ3) is 8.97. The molecule has 5 aromatic rings. The molecule has 0 saturated carbocycles. The van der Waals surface area contributed by atoms with Crippen LogP contribution in [-0.2, 0) is 9.59 Å². The molecule has 1 atom stereocenters. The lowest BCUT2D eigenvalue weighted by atomic mass is 10.1. The molecule has 230 valence electrons. The quantitative estimate of drug-likeness (QED) is 0.0963. The Labute approximate surface area is 272 Å². The van der Waals surface area contributed by atoms with Crippen molar-refractivity contribution in [1.82, 2.24) is 5.32 Å². The van der Waals surface area contributed by atoms with E-state index >= 15 is 0 Å². The molecule has 0 fully saturated rings. The number of rotatable bonds is 12. The van der Waals surface area contributed by atoms with Gasteiger partial charge in [-0.05, 0) is 78.7 Å². The largest absolute Gasteiger partial charge is 0.494 e. The van der Waals surface area contributed by atoms with Crippen LogP contribution in [0.15, 0.2) is 150 Å². The molecule has 0 aromatic heterocycles. The Bertz CT molecular complexity index is 1800. The minimum Gasteiger partial charge on any atom is -0.494 e. The first-order valence-corrected chi connectivity index (χ1v) is 15.7. The number of hydrogen-bond acceptors (Lipinski definition) is 5. The van der Waals surface area contributed by atoms with Crippen LogP contribution in [-0.4, -0.2) is 24.3 Å². The SMILES string of the molecule is CCOc1ccc(NC(=O)C(Sc2cccc(NC(=O)/C(=C/c3ccccc3)NC(=O)c3ccccc3)c2)c2ccccc2)cc1. The van der Waals surface area contributed by atoms with Crippen LogP contribution in [0.4, 0.5) is 11.4 Å². The molecule has 0 aliphatic carbocycles. The van der Waals surface area contributed by atoms with Gasteiger partial charge in [-0.3, -0.25) is 14.4 Å². The summed E-state index contributed by atoms with van der Waals surface area (Å²) in [5.41, 5.74) is 3.29. The summed E-state index contributed by atoms with van der Waals surface area (Å²) in [6.07, 6.45) is 1.63. The van der Waals surface area contributed by atoms with E-state index in [4.69, 9.17) is 4.74 Å². The van der Waals surface area contributed by atoms with Crippen LogP contribution in [0.3, 0.4) is 0 Å². The van der Waals surface area contributed by atoms with E-state index in [2.05, 4.69) is 16.0 Å². The number of amides is 3. The van der Waals surface area contributed by atoms with Crippen molar-refractivity contribution in [3.05, 3.63) is 162 Å². The predicted octanol–water partition coefficient (Wildman–Crippen LogP) is 7.97. The Morgan fingerprint density at radius 3 is 2.04 bits per heavy atom. The molecule has 0 aliphatic rings. The Hall–Kier alpha value is -5.60. The highest BCUT2D eigenvalue weighted by molar-refractivity contribution is 8.00. The summed E-state index contributed by atoms with van der Waals surface area (Å²) < 4.78 is 5.51. The third-order valence-electron chi connectivity index (χ3n) is 6.76. The minimum absolute atomic E-state index is 0.0926. The number of anilines is 2. The van der Waals surface area contributed by atoms with Crippen molar-refractivity contribution in [3.8, 4) is 5.75 Å². The predicted molar refractivity (Wildman–Crippen MR) is 185 cm³/mol. The van der Waals surface area contributed by atoms with Gasteiger partial charge in [0, 0.05) is 21.8 Å². The number of carbonyl (C=O) groups is 3. The van der Waals surface area contributed by atoms with Crippen LogP contribution >= 0.6 is 11.8 Å². The summed E-state index contributed by atoms with van der Waals surface area (Å²) in [6, 6.07) is 42.1. The van der Waals surface area contributed by atoms with Crippen LogP contribution in [0, 0.1) is 0 Å². The smallest absolute Gasteiger partial charge is 0.272 e. The van der Waals surface area contributed by atoms with Gasteiger partial charge in [-0.25, -0.2) is 0 Å². The second-order valence-electron chi connectivity index (χ2n) is 10.1. The summed E-state index contributed by atoms with van der Waals surface area (Å²) in [5, 5.41) is 8.11. The lowest BCUT2D eigenvalue weighted by Crippen LogP contribution is -2.30. The first kappa shape index (κ1) is 31.8. The Kier molecular flexibility index (Phi) is 11.0. The molecule has 5 aromatic carbocycles. The molecular weight excluding hydrogens is 595 g/mol. The van der Waals surface area contributed by atoms with Gasteiger partial charge in [0.2, 0.25) is 5.91 Å². The van der Waals surface area contributed by atoms with Gasteiger partial charge in [0.25, 0.3) is 11.8 Å². The second kappa shape index (κ2) is 15.9. The molecule has 0 heterocycles. The third-order valence-corrected chi connectivity index (χ3v) is 8.01. The minimum atomic E-state index is -0.572. The molecule has 0 saturated heterocycles. The molecule has 0 spiro atoms. The van der Waals surface area contributed by atoms with E-state index in [9.17, 15) is 14.4 Å². The Morgan fingerprint density at radius 2 is 1.37 bits per heavy atom. The Morgan fingerprint density at radius 1 is 0.717 bits per heavy atom. The topological polar surface area (TPSA) is 96.5 Å². The first-order chi connectivity index (χ1) is 22.5. The van der Waals surface area contributed by atoms with Gasteiger partial charge < -0.3 is 20.7 Å². The van der Waals surface area contributed by atoms with E-state index < -0.39 is 17.1 Å². The number of carbonyl (C=O) groups excluding carboxylic acids is 3. The lowest BCUT2D eigenvalue weighted by Gasteiger charge is -2.18. The van der Waals surface area contributed by atoms with E-state index in [1.165, 1.54) is 11.8 Å². The van der Waals surface area contributed by atoms with Crippen molar-refractivity contribution in [2.24, 2.45) is 0 Å². The highest BCUT2D eigenvalue weighted by Crippen LogP contribution is 2.37. The standard InChI is InChI=1S/C38H33N3O4S/c1-2-45-32-23-21-30(22-24-32)39-38(44)35(28-15-8-4-9-16-28)46-33-20-12-19-31(26-33)40-37(43)34(25-27-13-6-3-7-14-27)41-36(42)29-17-10-5-11-18-29/h3-26,35H,2H2,1H3,(H,39,44)(H,40,43)(H,41,42)/b34-25-. The molecule has 3 N–H and O–H groups in total. The van der Waals surface area contributed by atoms with Crippen LogP contribution < -0.4 is 20.7 Å². The van der Waals surface area contributed by atoms with Crippen molar-refractivity contribution < 1.29 is 19.1 Å². The molecule has 0 bridgehead atoms. The number of nitrogens with one attached hydrogen (secondary N) is 3. The zero-order valence-corrected chi connectivity index (χ0v) is 26.0. The van der Waals surface area contributed by atoms with Crippen LogP contribution in [0.2, 0.25) is 0 Å². The average Bonchev–Trinajstić information content (AvgIpc) is 3.09. The fraction of sp³-hybridized carbons (Fsp3) is 0.0789. The maximum absolute atomic E-state index is 13.6. The van der Waals surface area contributed by atoms with Gasteiger partial charge in [-0.2, -0.15) is 0 Å². The molecule has 7 nitrogen and oxygen atoms in total. The zero-order valence-electron chi connectivity index (χ0n) is 25.2. The van der Waals surface area contributed by atoms with Crippen LogP contribution in [0.25, 0.3) is 6.08 Å². The summed E-state index contributed by atoms with van der Waals surface area (Å²) in [6.45, 7) is 2.48. The zero-order chi connectivity index (χ0) is 32.1. The van der Waals surface area contributed by atoms with Crippen LogP contribution in [0.1, 0.15) is 33.7 Å². The van der Waals surface area contributed by atoms with E-state index in [0.29, 0.717) is 23.5 Å². The van der Waals surface area contributed by atoms with E-state index in [1.807, 2.05) is 116 Å². The monoisotopic (exact) mass is 627 g/mol. The molecule has 5 rings (SSSR count). The van der Waals surface area contributed by atoms with E-state index in [0.717, 1.165) is 21.8 Å². The number of thioether (sulfide) groups is 1. The molecular formula is C38H33N3O4S. The van der Waals surface area contributed by atoms with Crippen molar-refractivity contribution in [3.63, 3.8) is 0 Å². The maximum atomic E-state index is 13.6. The van der Waals surface area contributed by atoms with Gasteiger partial charge >= 0.3 is 0 Å². The first-order valence-electron chi connectivity index (χ1n) is 14.8. The summed E-state index contributed by atoms with van der Waals surface area (Å²) in [4.78, 5) is 40.9.